The molecule has 2 N–H and O–H groups in total. The van der Waals surface area contributed by atoms with Crippen LogP contribution in [0.1, 0.15) is 40.6 Å². The quantitative estimate of drug-likeness (QED) is 0.779. The molecule has 2 heterocycles. The normalized spacial score (nSPS) is 17.9. The second-order valence-electron chi connectivity index (χ2n) is 3.99. The second-order valence-corrected chi connectivity index (χ2v) is 3.99. The molecular formula is C11H15NO3. The molecule has 0 atom stereocenters. The summed E-state index contributed by atoms with van der Waals surface area (Å²) in [7, 11) is 0. The number of aryl methyl sites for hydroxylation is 1. The molecule has 15 heavy (non-hydrogen) atoms. The highest BCUT2D eigenvalue weighted by Gasteiger charge is 2.22. The van der Waals surface area contributed by atoms with Crippen LogP contribution in [0.4, 0.5) is 0 Å². The van der Waals surface area contributed by atoms with Crippen LogP contribution in [0.25, 0.3) is 0 Å². The molecule has 4 heteroatoms. The second kappa shape index (κ2) is 4.06. The molecule has 0 amide bonds. The molecule has 82 valence electrons. The lowest BCUT2D eigenvalue weighted by Gasteiger charge is -2.20. The Kier molecular flexibility index (Phi) is 2.77. The van der Waals surface area contributed by atoms with Crippen LogP contribution < -0.4 is 5.32 Å². The van der Waals surface area contributed by atoms with E-state index in [9.17, 15) is 4.79 Å². The minimum atomic E-state index is -0.979. The summed E-state index contributed by atoms with van der Waals surface area (Å²) in [6.45, 7) is 3.73. The lowest BCUT2D eigenvalue weighted by Crippen LogP contribution is -2.26. The molecule has 1 aliphatic rings. The molecule has 1 aromatic heterocycles. The van der Waals surface area contributed by atoms with E-state index >= 15 is 0 Å². The van der Waals surface area contributed by atoms with E-state index < -0.39 is 5.97 Å². The monoisotopic (exact) mass is 209 g/mol. The maximum Gasteiger partial charge on any atom is 0.372 e. The maximum absolute atomic E-state index is 10.8. The third-order valence-corrected chi connectivity index (χ3v) is 2.87. The lowest BCUT2D eigenvalue weighted by molar-refractivity contribution is 0.0658. The Labute approximate surface area is 88.3 Å². The van der Waals surface area contributed by atoms with Crippen molar-refractivity contribution in [1.82, 2.24) is 5.32 Å². The van der Waals surface area contributed by atoms with Gasteiger partial charge in [-0.1, -0.05) is 0 Å². The Morgan fingerprint density at radius 3 is 2.73 bits per heavy atom. The number of hydrogen-bond acceptors (Lipinski definition) is 3. The van der Waals surface area contributed by atoms with Crippen molar-refractivity contribution in [3.8, 4) is 0 Å². The van der Waals surface area contributed by atoms with Gasteiger partial charge >= 0.3 is 5.97 Å². The number of piperidine rings is 1. The molecule has 1 aromatic rings. The van der Waals surface area contributed by atoms with E-state index in [-0.39, 0.29) is 5.76 Å². The molecular weight excluding hydrogens is 194 g/mol. The van der Waals surface area contributed by atoms with Crippen LogP contribution in [0.2, 0.25) is 0 Å². The zero-order valence-electron chi connectivity index (χ0n) is 8.75. The molecule has 1 saturated heterocycles. The average molecular weight is 209 g/mol. The van der Waals surface area contributed by atoms with Crippen molar-refractivity contribution in [3.63, 3.8) is 0 Å². The highest BCUT2D eigenvalue weighted by molar-refractivity contribution is 5.86. The van der Waals surface area contributed by atoms with Gasteiger partial charge in [0.25, 0.3) is 0 Å². The zero-order valence-corrected chi connectivity index (χ0v) is 8.75. The van der Waals surface area contributed by atoms with E-state index in [0.717, 1.165) is 37.3 Å². The van der Waals surface area contributed by atoms with Crippen LogP contribution in [-0.2, 0) is 0 Å². The van der Waals surface area contributed by atoms with E-state index in [1.165, 1.54) is 0 Å². The molecule has 0 aromatic carbocycles. The first-order valence-electron chi connectivity index (χ1n) is 5.23. The highest BCUT2D eigenvalue weighted by Crippen LogP contribution is 2.28. The van der Waals surface area contributed by atoms with E-state index in [2.05, 4.69) is 5.32 Å². The Balaban J connectivity index is 2.21. The Hall–Kier alpha value is -1.29. The van der Waals surface area contributed by atoms with E-state index in [4.69, 9.17) is 9.52 Å². The van der Waals surface area contributed by atoms with Crippen LogP contribution in [0, 0.1) is 6.92 Å². The summed E-state index contributed by atoms with van der Waals surface area (Å²) in [5, 5.41) is 12.1. The number of furan rings is 1. The summed E-state index contributed by atoms with van der Waals surface area (Å²) in [5.74, 6) is 0.306. The van der Waals surface area contributed by atoms with Crippen molar-refractivity contribution in [1.29, 1.82) is 0 Å². The van der Waals surface area contributed by atoms with Crippen LogP contribution in [0.5, 0.6) is 0 Å². The highest BCUT2D eigenvalue weighted by atomic mass is 16.4. The summed E-state index contributed by atoms with van der Waals surface area (Å²) in [6, 6.07) is 1.86. The first-order chi connectivity index (χ1) is 7.18. The SMILES string of the molecule is Cc1cc(C2CCNCC2)oc1C(=O)O. The summed E-state index contributed by atoms with van der Waals surface area (Å²) in [5.41, 5.74) is 0.719. The van der Waals surface area contributed by atoms with Gasteiger partial charge in [0.1, 0.15) is 5.76 Å². The molecule has 0 bridgehead atoms. The number of carboxylic acids is 1. The molecule has 0 unspecified atom stereocenters. The molecule has 0 radical (unpaired) electrons. The van der Waals surface area contributed by atoms with E-state index in [1.54, 1.807) is 6.92 Å². The lowest BCUT2D eigenvalue weighted by atomic mass is 9.95. The predicted molar refractivity (Wildman–Crippen MR) is 55.2 cm³/mol. The van der Waals surface area contributed by atoms with Crippen molar-refractivity contribution < 1.29 is 14.3 Å². The molecule has 1 aliphatic heterocycles. The standard InChI is InChI=1S/C11H15NO3/c1-7-6-9(15-10(7)11(13)14)8-2-4-12-5-3-8/h6,8,12H,2-5H2,1H3,(H,13,14). The number of nitrogens with one attached hydrogen (secondary N) is 1. The van der Waals surface area contributed by atoms with Crippen molar-refractivity contribution in [2.24, 2.45) is 0 Å². The fourth-order valence-electron chi connectivity index (χ4n) is 2.03. The van der Waals surface area contributed by atoms with Crippen molar-refractivity contribution in [2.45, 2.75) is 25.7 Å². The summed E-state index contributed by atoms with van der Waals surface area (Å²) >= 11 is 0. The fraction of sp³-hybridized carbons (Fsp3) is 0.545. The molecule has 0 aliphatic carbocycles. The topological polar surface area (TPSA) is 62.5 Å². The van der Waals surface area contributed by atoms with Gasteiger partial charge in [0, 0.05) is 11.5 Å². The van der Waals surface area contributed by atoms with Gasteiger partial charge in [0.2, 0.25) is 5.76 Å². The number of carboxylic acid groups (broad SMARTS) is 1. The summed E-state index contributed by atoms with van der Waals surface area (Å²) in [4.78, 5) is 10.8. The van der Waals surface area contributed by atoms with Crippen LogP contribution in [0.3, 0.4) is 0 Å². The smallest absolute Gasteiger partial charge is 0.372 e. The van der Waals surface area contributed by atoms with E-state index in [0.29, 0.717) is 5.92 Å². The predicted octanol–water partition coefficient (Wildman–Crippen LogP) is 1.75. The first kappa shape index (κ1) is 10.2. The Morgan fingerprint density at radius 1 is 1.53 bits per heavy atom. The molecule has 2 rings (SSSR count). The third-order valence-electron chi connectivity index (χ3n) is 2.87. The van der Waals surface area contributed by atoms with Gasteiger partial charge in [-0.3, -0.25) is 0 Å². The summed E-state index contributed by atoms with van der Waals surface area (Å²) in [6.07, 6.45) is 2.04. The van der Waals surface area contributed by atoms with Gasteiger partial charge in [0.15, 0.2) is 0 Å². The fourth-order valence-corrected chi connectivity index (χ4v) is 2.03. The van der Waals surface area contributed by atoms with Crippen LogP contribution in [0.15, 0.2) is 10.5 Å². The number of rotatable bonds is 2. The minimum Gasteiger partial charge on any atom is -0.475 e. The largest absolute Gasteiger partial charge is 0.475 e. The van der Waals surface area contributed by atoms with E-state index in [1.807, 2.05) is 6.07 Å². The molecule has 4 nitrogen and oxygen atoms in total. The van der Waals surface area contributed by atoms with Crippen molar-refractivity contribution in [3.05, 3.63) is 23.2 Å². The summed E-state index contributed by atoms with van der Waals surface area (Å²) < 4.78 is 5.39. The molecule has 0 saturated carbocycles. The van der Waals surface area contributed by atoms with Crippen molar-refractivity contribution in [2.75, 3.05) is 13.1 Å². The Morgan fingerprint density at radius 2 is 2.20 bits per heavy atom. The maximum atomic E-state index is 10.8. The van der Waals surface area contributed by atoms with Crippen molar-refractivity contribution >= 4 is 5.97 Å². The number of carbonyl (C=O) groups is 1. The minimum absolute atomic E-state index is 0.0866. The van der Waals surface area contributed by atoms with Gasteiger partial charge in [-0.15, -0.1) is 0 Å². The molecule has 1 fully saturated rings. The Bertz CT molecular complexity index is 364. The van der Waals surface area contributed by atoms with Gasteiger partial charge in [-0.25, -0.2) is 4.79 Å². The van der Waals surface area contributed by atoms with Gasteiger partial charge < -0.3 is 14.8 Å². The molecule has 0 spiro atoms. The van der Waals surface area contributed by atoms with Crippen LogP contribution in [-0.4, -0.2) is 24.2 Å². The average Bonchev–Trinajstić information content (AvgIpc) is 2.62. The van der Waals surface area contributed by atoms with Gasteiger partial charge in [-0.05, 0) is 38.9 Å². The van der Waals surface area contributed by atoms with Crippen LogP contribution >= 0.6 is 0 Å². The zero-order chi connectivity index (χ0) is 10.8. The first-order valence-corrected chi connectivity index (χ1v) is 5.23. The number of aromatic carboxylic acids is 1. The van der Waals surface area contributed by atoms with Gasteiger partial charge in [0.05, 0.1) is 0 Å². The number of hydrogen-bond donors (Lipinski definition) is 2. The van der Waals surface area contributed by atoms with Gasteiger partial charge in [-0.2, -0.15) is 0 Å². The third kappa shape index (κ3) is 2.04.